The van der Waals surface area contributed by atoms with Crippen LogP contribution in [0.5, 0.6) is 0 Å². The maximum absolute atomic E-state index is 4.30. The molecule has 0 amide bonds. The van der Waals surface area contributed by atoms with E-state index >= 15 is 0 Å². The molecular weight excluding hydrogens is 138 g/mol. The lowest BCUT2D eigenvalue weighted by Crippen LogP contribution is -2.45. The van der Waals surface area contributed by atoms with Gasteiger partial charge in [0.1, 0.15) is 0 Å². The van der Waals surface area contributed by atoms with Crippen molar-refractivity contribution >= 4 is 0 Å². The Kier molecular flexibility index (Phi) is 4.50. The molecule has 1 heterocycles. The summed E-state index contributed by atoms with van der Waals surface area (Å²) >= 11 is 0. The number of piperazine rings is 1. The number of hydrogen-bond acceptors (Lipinski definition) is 2. The third-order valence-corrected chi connectivity index (χ3v) is 2.01. The summed E-state index contributed by atoms with van der Waals surface area (Å²) < 4.78 is 0. The molecule has 1 rings (SSSR count). The molecular formula is C8H18N3. The third-order valence-electron chi connectivity index (χ3n) is 2.01. The van der Waals surface area contributed by atoms with E-state index in [2.05, 4.69) is 22.5 Å². The normalized spacial score (nSPS) is 20.5. The molecule has 0 atom stereocenters. The molecule has 0 aromatic rings. The molecule has 1 radical (unpaired) electrons. The summed E-state index contributed by atoms with van der Waals surface area (Å²) in [4.78, 5) is 2.47. The zero-order valence-electron chi connectivity index (χ0n) is 7.34. The van der Waals surface area contributed by atoms with Gasteiger partial charge in [-0.15, -0.1) is 0 Å². The van der Waals surface area contributed by atoms with E-state index in [0.717, 1.165) is 32.7 Å². The van der Waals surface area contributed by atoms with Gasteiger partial charge in [0.25, 0.3) is 0 Å². The van der Waals surface area contributed by atoms with Crippen LogP contribution in [0.4, 0.5) is 0 Å². The molecule has 3 heteroatoms. The molecule has 0 aliphatic carbocycles. The maximum atomic E-state index is 4.30. The fourth-order valence-corrected chi connectivity index (χ4v) is 1.30. The smallest absolute Gasteiger partial charge is 0.0261 e. The second-order valence-electron chi connectivity index (χ2n) is 2.86. The lowest BCUT2D eigenvalue weighted by atomic mass is 10.3. The van der Waals surface area contributed by atoms with Crippen molar-refractivity contribution in [2.45, 2.75) is 6.92 Å². The zero-order valence-corrected chi connectivity index (χ0v) is 7.34. The van der Waals surface area contributed by atoms with E-state index in [-0.39, 0.29) is 0 Å². The molecule has 65 valence electrons. The molecule has 0 saturated carbocycles. The Morgan fingerprint density at radius 1 is 1.36 bits per heavy atom. The highest BCUT2D eigenvalue weighted by molar-refractivity contribution is 4.67. The number of likely N-dealkylation sites (N-methyl/N-ethyl adjacent to an activating group) is 1. The van der Waals surface area contributed by atoms with Crippen LogP contribution in [0.2, 0.25) is 0 Å². The van der Waals surface area contributed by atoms with Crippen LogP contribution >= 0.6 is 0 Å². The first kappa shape index (κ1) is 8.97. The molecule has 0 aromatic heterocycles. The molecule has 0 unspecified atom stereocenters. The van der Waals surface area contributed by atoms with Crippen LogP contribution in [-0.2, 0) is 0 Å². The van der Waals surface area contributed by atoms with Crippen LogP contribution in [0.1, 0.15) is 6.92 Å². The van der Waals surface area contributed by atoms with E-state index in [4.69, 9.17) is 0 Å². The van der Waals surface area contributed by atoms with Crippen molar-refractivity contribution in [1.82, 2.24) is 15.5 Å². The van der Waals surface area contributed by atoms with Crippen molar-refractivity contribution in [2.75, 3.05) is 45.8 Å². The average Bonchev–Trinajstić information content (AvgIpc) is 2.07. The first-order chi connectivity index (χ1) is 5.43. The Bertz CT molecular complexity index is 89.3. The van der Waals surface area contributed by atoms with Crippen LogP contribution in [-0.4, -0.2) is 50.7 Å². The van der Waals surface area contributed by atoms with Gasteiger partial charge in [-0.05, 0) is 0 Å². The maximum Gasteiger partial charge on any atom is 0.0261 e. The molecule has 1 aliphatic rings. The summed E-state index contributed by atoms with van der Waals surface area (Å²) in [6.45, 7) is 9.90. The summed E-state index contributed by atoms with van der Waals surface area (Å²) in [5.74, 6) is 0. The van der Waals surface area contributed by atoms with E-state index in [1.54, 1.807) is 0 Å². The minimum Gasteiger partial charge on any atom is -0.314 e. The molecule has 1 aliphatic heterocycles. The van der Waals surface area contributed by atoms with Gasteiger partial charge in [-0.3, -0.25) is 4.90 Å². The summed E-state index contributed by atoms with van der Waals surface area (Å²) in [7, 11) is 0. The molecule has 1 saturated heterocycles. The Morgan fingerprint density at radius 3 is 2.73 bits per heavy atom. The molecule has 1 N–H and O–H groups in total. The van der Waals surface area contributed by atoms with Crippen LogP contribution in [0, 0.1) is 0 Å². The van der Waals surface area contributed by atoms with Crippen LogP contribution in [0.25, 0.3) is 0 Å². The highest BCUT2D eigenvalue weighted by Gasteiger charge is 2.07. The number of nitrogens with zero attached hydrogens (tertiary/aromatic N) is 2. The Balaban J connectivity index is 1.96. The molecule has 1 fully saturated rings. The third kappa shape index (κ3) is 3.70. The van der Waals surface area contributed by atoms with Gasteiger partial charge in [-0.1, -0.05) is 6.92 Å². The van der Waals surface area contributed by atoms with Crippen molar-refractivity contribution in [3.63, 3.8) is 0 Å². The van der Waals surface area contributed by atoms with Crippen molar-refractivity contribution < 1.29 is 0 Å². The summed E-state index contributed by atoms with van der Waals surface area (Å²) in [6, 6.07) is 0. The summed E-state index contributed by atoms with van der Waals surface area (Å²) in [5.41, 5.74) is 0. The fraction of sp³-hybridized carbons (Fsp3) is 1.00. The van der Waals surface area contributed by atoms with E-state index in [1.807, 2.05) is 0 Å². The summed E-state index contributed by atoms with van der Waals surface area (Å²) in [6.07, 6.45) is 0. The van der Waals surface area contributed by atoms with Crippen molar-refractivity contribution in [3.05, 3.63) is 0 Å². The van der Waals surface area contributed by atoms with Crippen molar-refractivity contribution in [2.24, 2.45) is 0 Å². The molecule has 0 aromatic carbocycles. The van der Waals surface area contributed by atoms with Gasteiger partial charge in [-0.2, -0.15) is 0 Å². The second-order valence-corrected chi connectivity index (χ2v) is 2.86. The highest BCUT2D eigenvalue weighted by Crippen LogP contribution is 1.89. The van der Waals surface area contributed by atoms with Crippen LogP contribution < -0.4 is 10.6 Å². The molecule has 3 nitrogen and oxygen atoms in total. The average molecular weight is 156 g/mol. The molecule has 11 heavy (non-hydrogen) atoms. The number of hydrogen-bond donors (Lipinski definition) is 1. The minimum absolute atomic E-state index is 0.964. The van der Waals surface area contributed by atoms with Gasteiger partial charge in [-0.25, -0.2) is 5.32 Å². The van der Waals surface area contributed by atoms with E-state index in [0.29, 0.717) is 0 Å². The largest absolute Gasteiger partial charge is 0.314 e. The van der Waals surface area contributed by atoms with Gasteiger partial charge in [0.05, 0.1) is 0 Å². The quantitative estimate of drug-likeness (QED) is 0.557. The minimum atomic E-state index is 0.964. The van der Waals surface area contributed by atoms with Crippen LogP contribution in [0.15, 0.2) is 0 Å². The standard InChI is InChI=1S/C8H18N3/c1-2-9-3-6-11-7-4-10-5-8-11/h10H,2-8H2,1H3. The van der Waals surface area contributed by atoms with Gasteiger partial charge < -0.3 is 5.32 Å². The van der Waals surface area contributed by atoms with Gasteiger partial charge >= 0.3 is 0 Å². The zero-order chi connectivity index (χ0) is 7.94. The lowest BCUT2D eigenvalue weighted by Gasteiger charge is -2.26. The van der Waals surface area contributed by atoms with Crippen LogP contribution in [0.3, 0.4) is 0 Å². The Hall–Kier alpha value is -0.120. The van der Waals surface area contributed by atoms with Gasteiger partial charge in [0.2, 0.25) is 0 Å². The fourth-order valence-electron chi connectivity index (χ4n) is 1.30. The lowest BCUT2D eigenvalue weighted by molar-refractivity contribution is 0.241. The first-order valence-electron chi connectivity index (χ1n) is 4.50. The molecule has 0 bridgehead atoms. The Morgan fingerprint density at radius 2 is 2.09 bits per heavy atom. The van der Waals surface area contributed by atoms with Crippen molar-refractivity contribution in [1.29, 1.82) is 0 Å². The van der Waals surface area contributed by atoms with E-state index in [9.17, 15) is 0 Å². The first-order valence-corrected chi connectivity index (χ1v) is 4.50. The highest BCUT2D eigenvalue weighted by atomic mass is 15.2. The van der Waals surface area contributed by atoms with E-state index < -0.39 is 0 Å². The number of nitrogens with one attached hydrogen (secondary N) is 1. The van der Waals surface area contributed by atoms with Crippen molar-refractivity contribution in [3.8, 4) is 0 Å². The topological polar surface area (TPSA) is 29.4 Å². The van der Waals surface area contributed by atoms with E-state index in [1.165, 1.54) is 13.1 Å². The SMILES string of the molecule is CC[N]CCN1CCNCC1. The Labute approximate surface area is 69.1 Å². The number of rotatable bonds is 4. The van der Waals surface area contributed by atoms with Gasteiger partial charge in [0, 0.05) is 45.8 Å². The van der Waals surface area contributed by atoms with Gasteiger partial charge in [0.15, 0.2) is 0 Å². The predicted molar refractivity (Wildman–Crippen MR) is 46.9 cm³/mol. The monoisotopic (exact) mass is 156 g/mol. The second kappa shape index (κ2) is 5.52. The molecule has 0 spiro atoms. The summed E-state index contributed by atoms with van der Waals surface area (Å²) in [5, 5.41) is 7.64. The predicted octanol–water partition coefficient (Wildman–Crippen LogP) is -0.484.